The minimum Gasteiger partial charge on any atom is -0.364 e. The van der Waals surface area contributed by atoms with Gasteiger partial charge in [0.25, 0.3) is 0 Å². The molecule has 2 N–H and O–H groups in total. The van der Waals surface area contributed by atoms with E-state index < -0.39 is 0 Å². The average Bonchev–Trinajstić information content (AvgIpc) is 2.88. The lowest BCUT2D eigenvalue weighted by molar-refractivity contribution is 0.606. The molecule has 0 radical (unpaired) electrons. The van der Waals surface area contributed by atoms with Crippen molar-refractivity contribution in [1.82, 2.24) is 0 Å². The fourth-order valence-corrected chi connectivity index (χ4v) is 2.73. The van der Waals surface area contributed by atoms with Gasteiger partial charge in [-0.25, -0.2) is 4.39 Å². The molecule has 0 bridgehead atoms. The number of rotatable bonds is 5. The van der Waals surface area contributed by atoms with Gasteiger partial charge in [-0.3, -0.25) is 0 Å². The van der Waals surface area contributed by atoms with Crippen LogP contribution in [0.4, 0.5) is 10.1 Å². The molecule has 0 aliphatic heterocycles. The second kappa shape index (κ2) is 6.17. The SMILES string of the molecule is CC(C)N(Cc1cccs1)c1ccc(CN)c(F)c1. The molecule has 0 amide bonds. The molecule has 2 nitrogen and oxygen atoms in total. The van der Waals surface area contributed by atoms with Gasteiger partial charge < -0.3 is 10.6 Å². The van der Waals surface area contributed by atoms with E-state index in [4.69, 9.17) is 5.73 Å². The zero-order valence-corrected chi connectivity index (χ0v) is 12.1. The number of hydrogen-bond donors (Lipinski definition) is 1. The Hall–Kier alpha value is -1.39. The fraction of sp³-hybridized carbons (Fsp3) is 0.333. The van der Waals surface area contributed by atoms with E-state index in [1.165, 1.54) is 4.88 Å². The molecule has 2 aromatic rings. The van der Waals surface area contributed by atoms with Crippen molar-refractivity contribution in [2.75, 3.05) is 4.90 Å². The summed E-state index contributed by atoms with van der Waals surface area (Å²) >= 11 is 1.72. The third kappa shape index (κ3) is 3.33. The monoisotopic (exact) mass is 278 g/mol. The van der Waals surface area contributed by atoms with Crippen LogP contribution in [0.3, 0.4) is 0 Å². The van der Waals surface area contributed by atoms with Crippen LogP contribution in [0.5, 0.6) is 0 Å². The molecule has 1 aromatic heterocycles. The Morgan fingerprint density at radius 2 is 2.11 bits per heavy atom. The van der Waals surface area contributed by atoms with Crippen molar-refractivity contribution in [2.45, 2.75) is 33.0 Å². The van der Waals surface area contributed by atoms with Crippen molar-refractivity contribution in [2.24, 2.45) is 5.73 Å². The van der Waals surface area contributed by atoms with Crippen LogP contribution in [-0.2, 0) is 13.1 Å². The van der Waals surface area contributed by atoms with Crippen LogP contribution in [-0.4, -0.2) is 6.04 Å². The van der Waals surface area contributed by atoms with Crippen LogP contribution in [0.15, 0.2) is 35.7 Å². The number of nitrogens with two attached hydrogens (primary N) is 1. The summed E-state index contributed by atoms with van der Waals surface area (Å²) in [7, 11) is 0. The summed E-state index contributed by atoms with van der Waals surface area (Å²) in [5, 5.41) is 2.06. The Kier molecular flexibility index (Phi) is 4.56. The molecule has 4 heteroatoms. The summed E-state index contributed by atoms with van der Waals surface area (Å²) in [4.78, 5) is 3.46. The van der Waals surface area contributed by atoms with Gasteiger partial charge in [-0.15, -0.1) is 11.3 Å². The standard InChI is InChI=1S/C15H19FN2S/c1-11(2)18(10-14-4-3-7-19-14)13-6-5-12(9-17)15(16)8-13/h3-8,11H,9-10,17H2,1-2H3. The van der Waals surface area contributed by atoms with E-state index >= 15 is 0 Å². The number of halogens is 1. The van der Waals surface area contributed by atoms with Gasteiger partial charge in [0.05, 0.1) is 6.54 Å². The molecule has 0 unspecified atom stereocenters. The molecular weight excluding hydrogens is 259 g/mol. The summed E-state index contributed by atoms with van der Waals surface area (Å²) in [5.41, 5.74) is 6.95. The van der Waals surface area contributed by atoms with Gasteiger partial charge in [-0.05, 0) is 37.4 Å². The fourth-order valence-electron chi connectivity index (χ4n) is 2.02. The van der Waals surface area contributed by atoms with Gasteiger partial charge >= 0.3 is 0 Å². The van der Waals surface area contributed by atoms with Crippen LogP contribution in [0.2, 0.25) is 0 Å². The van der Waals surface area contributed by atoms with Crippen LogP contribution in [0.25, 0.3) is 0 Å². The largest absolute Gasteiger partial charge is 0.364 e. The third-order valence-electron chi connectivity index (χ3n) is 3.12. The van der Waals surface area contributed by atoms with Crippen LogP contribution in [0, 0.1) is 5.82 Å². The number of nitrogens with zero attached hydrogens (tertiary/aromatic N) is 1. The zero-order chi connectivity index (χ0) is 13.8. The smallest absolute Gasteiger partial charge is 0.129 e. The first-order valence-corrected chi connectivity index (χ1v) is 7.27. The summed E-state index contributed by atoms with van der Waals surface area (Å²) in [5.74, 6) is -0.225. The highest BCUT2D eigenvalue weighted by molar-refractivity contribution is 7.09. The third-order valence-corrected chi connectivity index (χ3v) is 3.98. The Bertz CT molecular complexity index is 523. The predicted octanol–water partition coefficient (Wildman–Crippen LogP) is 3.76. The first-order valence-electron chi connectivity index (χ1n) is 6.39. The molecule has 0 saturated heterocycles. The maximum Gasteiger partial charge on any atom is 0.129 e. The predicted molar refractivity (Wildman–Crippen MR) is 79.9 cm³/mol. The topological polar surface area (TPSA) is 29.3 Å². The molecule has 1 heterocycles. The molecule has 0 spiro atoms. The summed E-state index contributed by atoms with van der Waals surface area (Å²) in [6.45, 7) is 5.26. The van der Waals surface area contributed by atoms with Gasteiger partial charge in [0.1, 0.15) is 5.82 Å². The highest BCUT2D eigenvalue weighted by Crippen LogP contribution is 2.24. The van der Waals surface area contributed by atoms with E-state index in [-0.39, 0.29) is 12.4 Å². The lowest BCUT2D eigenvalue weighted by Gasteiger charge is -2.29. The molecule has 1 aromatic carbocycles. The van der Waals surface area contributed by atoms with E-state index in [0.29, 0.717) is 11.6 Å². The van der Waals surface area contributed by atoms with Crippen molar-refractivity contribution in [1.29, 1.82) is 0 Å². The summed E-state index contributed by atoms with van der Waals surface area (Å²) in [6, 6.07) is 9.75. The molecule has 102 valence electrons. The maximum atomic E-state index is 13.8. The molecule has 2 rings (SSSR count). The van der Waals surface area contributed by atoms with Crippen molar-refractivity contribution < 1.29 is 4.39 Å². The number of thiophene rings is 1. The number of anilines is 1. The van der Waals surface area contributed by atoms with Crippen LogP contribution in [0.1, 0.15) is 24.3 Å². The molecular formula is C15H19FN2S. The molecule has 0 aliphatic rings. The molecule has 0 aliphatic carbocycles. The zero-order valence-electron chi connectivity index (χ0n) is 11.3. The van der Waals surface area contributed by atoms with E-state index in [9.17, 15) is 4.39 Å². The quantitative estimate of drug-likeness (QED) is 0.902. The Balaban J connectivity index is 2.26. The minimum atomic E-state index is -0.225. The van der Waals surface area contributed by atoms with Crippen molar-refractivity contribution >= 4 is 17.0 Å². The van der Waals surface area contributed by atoms with Gasteiger partial charge in [-0.2, -0.15) is 0 Å². The van der Waals surface area contributed by atoms with Gasteiger partial charge in [-0.1, -0.05) is 12.1 Å². The highest BCUT2D eigenvalue weighted by atomic mass is 32.1. The van der Waals surface area contributed by atoms with Crippen LogP contribution < -0.4 is 10.6 Å². The Labute approximate surface area is 117 Å². The van der Waals surface area contributed by atoms with E-state index in [1.807, 2.05) is 12.1 Å². The van der Waals surface area contributed by atoms with Gasteiger partial charge in [0.2, 0.25) is 0 Å². The lowest BCUT2D eigenvalue weighted by atomic mass is 10.1. The summed E-state index contributed by atoms with van der Waals surface area (Å²) < 4.78 is 13.8. The van der Waals surface area contributed by atoms with Crippen molar-refractivity contribution in [3.63, 3.8) is 0 Å². The highest BCUT2D eigenvalue weighted by Gasteiger charge is 2.13. The first kappa shape index (κ1) is 14.0. The van der Waals surface area contributed by atoms with Crippen molar-refractivity contribution in [3.8, 4) is 0 Å². The lowest BCUT2D eigenvalue weighted by Crippen LogP contribution is -2.29. The molecule has 19 heavy (non-hydrogen) atoms. The summed E-state index contributed by atoms with van der Waals surface area (Å²) in [6.07, 6.45) is 0. The maximum absolute atomic E-state index is 13.8. The molecule has 0 atom stereocenters. The van der Waals surface area contributed by atoms with E-state index in [0.717, 1.165) is 12.2 Å². The van der Waals surface area contributed by atoms with Crippen LogP contribution >= 0.6 is 11.3 Å². The van der Waals surface area contributed by atoms with E-state index in [2.05, 4.69) is 30.2 Å². The van der Waals surface area contributed by atoms with E-state index in [1.54, 1.807) is 23.5 Å². The normalized spacial score (nSPS) is 11.0. The van der Waals surface area contributed by atoms with Gasteiger partial charge in [0.15, 0.2) is 0 Å². The average molecular weight is 278 g/mol. The number of benzene rings is 1. The minimum absolute atomic E-state index is 0.225. The Morgan fingerprint density at radius 1 is 1.32 bits per heavy atom. The van der Waals surface area contributed by atoms with Gasteiger partial charge in [0, 0.05) is 28.7 Å². The molecule has 0 saturated carbocycles. The molecule has 0 fully saturated rings. The second-order valence-corrected chi connectivity index (χ2v) is 5.81. The Morgan fingerprint density at radius 3 is 2.63 bits per heavy atom. The number of hydrogen-bond acceptors (Lipinski definition) is 3. The first-order chi connectivity index (χ1) is 9.11. The van der Waals surface area contributed by atoms with Crippen molar-refractivity contribution in [3.05, 3.63) is 52.0 Å². The second-order valence-electron chi connectivity index (χ2n) is 4.78.